The lowest BCUT2D eigenvalue weighted by atomic mass is 10.1. The Morgan fingerprint density at radius 1 is 1.14 bits per heavy atom. The number of imide groups is 1. The van der Waals surface area contributed by atoms with Crippen molar-refractivity contribution in [2.45, 2.75) is 13.8 Å². The number of benzene rings is 2. The van der Waals surface area contributed by atoms with E-state index in [1.165, 1.54) is 0 Å². The minimum absolute atomic E-state index is 0.156. The summed E-state index contributed by atoms with van der Waals surface area (Å²) in [5, 5.41) is 3.04. The Morgan fingerprint density at radius 3 is 2.57 bits per heavy atom. The number of nitrogens with zero attached hydrogens (tertiary/aromatic N) is 1. The topological polar surface area (TPSA) is 67.9 Å². The number of carbonyl (C=O) groups excluding carboxylic acids is 2. The molecule has 0 spiro atoms. The van der Waals surface area contributed by atoms with E-state index in [-0.39, 0.29) is 5.70 Å². The fourth-order valence-electron chi connectivity index (χ4n) is 2.77. The van der Waals surface area contributed by atoms with Gasteiger partial charge in [0.2, 0.25) is 0 Å². The summed E-state index contributed by atoms with van der Waals surface area (Å²) in [6.07, 6.45) is 1.59. The molecule has 1 saturated heterocycles. The van der Waals surface area contributed by atoms with E-state index in [1.807, 2.05) is 13.8 Å². The third-order valence-electron chi connectivity index (χ3n) is 3.88. The zero-order valence-corrected chi connectivity index (χ0v) is 17.6. The summed E-state index contributed by atoms with van der Waals surface area (Å²) in [4.78, 5) is 26.1. The van der Waals surface area contributed by atoms with Gasteiger partial charge >= 0.3 is 6.03 Å². The van der Waals surface area contributed by atoms with Crippen LogP contribution in [0, 0.1) is 0 Å². The van der Waals surface area contributed by atoms with Crippen LogP contribution in [0.25, 0.3) is 6.08 Å². The summed E-state index contributed by atoms with van der Waals surface area (Å²) in [6.45, 7) is 4.71. The molecule has 0 bridgehead atoms. The first kappa shape index (κ1) is 20.2. The van der Waals surface area contributed by atoms with Crippen LogP contribution in [0.4, 0.5) is 10.5 Å². The largest absolute Gasteiger partial charge is 0.490 e. The monoisotopic (exact) mass is 464 g/mol. The SMILES string of the molecule is CCOc1cc(/C=C2/NC(=O)N(c3cccc(Cl)c3)C2=O)cc(Br)c1OCC. The quantitative estimate of drug-likeness (QED) is 0.482. The fraction of sp³-hybridized carbons (Fsp3) is 0.200. The molecule has 28 heavy (non-hydrogen) atoms. The lowest BCUT2D eigenvalue weighted by molar-refractivity contribution is -0.113. The van der Waals surface area contributed by atoms with Gasteiger partial charge in [0.1, 0.15) is 5.70 Å². The predicted octanol–water partition coefficient (Wildman–Crippen LogP) is 5.00. The van der Waals surface area contributed by atoms with Crippen LogP contribution in [0.1, 0.15) is 19.4 Å². The average Bonchev–Trinajstić information content (AvgIpc) is 2.91. The Morgan fingerprint density at radius 2 is 1.89 bits per heavy atom. The van der Waals surface area contributed by atoms with Crippen molar-refractivity contribution in [3.05, 3.63) is 57.2 Å². The second kappa shape index (κ2) is 8.67. The molecular weight excluding hydrogens is 448 g/mol. The number of anilines is 1. The van der Waals surface area contributed by atoms with Crippen molar-refractivity contribution in [3.8, 4) is 11.5 Å². The molecule has 0 aliphatic carbocycles. The number of hydrogen-bond acceptors (Lipinski definition) is 4. The van der Waals surface area contributed by atoms with Crippen LogP contribution in [0.5, 0.6) is 11.5 Å². The van der Waals surface area contributed by atoms with Crippen LogP contribution < -0.4 is 19.7 Å². The van der Waals surface area contributed by atoms with Gasteiger partial charge in [-0.05, 0) is 71.7 Å². The van der Waals surface area contributed by atoms with Gasteiger partial charge in [-0.15, -0.1) is 0 Å². The molecule has 2 aromatic rings. The third kappa shape index (κ3) is 4.15. The van der Waals surface area contributed by atoms with Gasteiger partial charge in [-0.25, -0.2) is 9.69 Å². The molecule has 8 heteroatoms. The molecule has 2 aromatic carbocycles. The van der Waals surface area contributed by atoms with E-state index >= 15 is 0 Å². The molecule has 1 N–H and O–H groups in total. The van der Waals surface area contributed by atoms with Crippen molar-refractivity contribution >= 4 is 51.2 Å². The summed E-state index contributed by atoms with van der Waals surface area (Å²) in [6, 6.07) is 9.57. The number of ether oxygens (including phenoxy) is 2. The Hall–Kier alpha value is -2.51. The van der Waals surface area contributed by atoms with Gasteiger partial charge in [0, 0.05) is 5.02 Å². The highest BCUT2D eigenvalue weighted by molar-refractivity contribution is 9.10. The van der Waals surface area contributed by atoms with Gasteiger partial charge < -0.3 is 14.8 Å². The first-order valence-corrected chi connectivity index (χ1v) is 9.83. The number of carbonyl (C=O) groups is 2. The van der Waals surface area contributed by atoms with Crippen molar-refractivity contribution in [2.24, 2.45) is 0 Å². The Bertz CT molecular complexity index is 961. The van der Waals surface area contributed by atoms with Crippen molar-refractivity contribution in [2.75, 3.05) is 18.1 Å². The number of halogens is 2. The van der Waals surface area contributed by atoms with Crippen molar-refractivity contribution in [3.63, 3.8) is 0 Å². The van der Waals surface area contributed by atoms with E-state index < -0.39 is 11.9 Å². The maximum Gasteiger partial charge on any atom is 0.333 e. The molecule has 1 fully saturated rings. The maximum absolute atomic E-state index is 12.8. The van der Waals surface area contributed by atoms with E-state index in [0.717, 1.165) is 4.90 Å². The second-order valence-corrected chi connectivity index (χ2v) is 7.10. The molecule has 1 heterocycles. The summed E-state index contributed by atoms with van der Waals surface area (Å²) in [5.74, 6) is 0.679. The second-order valence-electron chi connectivity index (χ2n) is 5.80. The van der Waals surface area contributed by atoms with Gasteiger partial charge in [0.25, 0.3) is 5.91 Å². The molecule has 0 saturated carbocycles. The smallest absolute Gasteiger partial charge is 0.333 e. The average molecular weight is 466 g/mol. The van der Waals surface area contributed by atoms with Crippen molar-refractivity contribution in [1.82, 2.24) is 5.32 Å². The normalized spacial score (nSPS) is 15.1. The number of hydrogen-bond donors (Lipinski definition) is 1. The first-order chi connectivity index (χ1) is 13.4. The molecule has 0 radical (unpaired) electrons. The Kier molecular flexibility index (Phi) is 6.26. The van der Waals surface area contributed by atoms with E-state index in [1.54, 1.807) is 42.5 Å². The minimum Gasteiger partial charge on any atom is -0.490 e. The first-order valence-electron chi connectivity index (χ1n) is 8.66. The summed E-state index contributed by atoms with van der Waals surface area (Å²) < 4.78 is 12.0. The van der Waals surface area contributed by atoms with Gasteiger partial charge in [-0.3, -0.25) is 4.79 Å². The number of amides is 3. The van der Waals surface area contributed by atoms with Crippen LogP contribution in [0.2, 0.25) is 5.02 Å². The highest BCUT2D eigenvalue weighted by atomic mass is 79.9. The molecular formula is C20H18BrClN2O4. The number of rotatable bonds is 6. The van der Waals surface area contributed by atoms with Gasteiger partial charge in [-0.2, -0.15) is 0 Å². The van der Waals surface area contributed by atoms with Crippen LogP contribution in [-0.2, 0) is 4.79 Å². The van der Waals surface area contributed by atoms with E-state index in [2.05, 4.69) is 21.2 Å². The van der Waals surface area contributed by atoms with Gasteiger partial charge in [0.05, 0.1) is 23.4 Å². The van der Waals surface area contributed by atoms with Crippen molar-refractivity contribution in [1.29, 1.82) is 0 Å². The highest BCUT2D eigenvalue weighted by Crippen LogP contribution is 2.37. The zero-order chi connectivity index (χ0) is 20.3. The van der Waals surface area contributed by atoms with Crippen LogP contribution in [0.3, 0.4) is 0 Å². The Balaban J connectivity index is 1.95. The van der Waals surface area contributed by atoms with E-state index in [4.69, 9.17) is 21.1 Å². The predicted molar refractivity (Wildman–Crippen MR) is 112 cm³/mol. The van der Waals surface area contributed by atoms with Gasteiger partial charge in [-0.1, -0.05) is 17.7 Å². The Labute approximate surface area is 176 Å². The molecule has 1 aliphatic heterocycles. The zero-order valence-electron chi connectivity index (χ0n) is 15.3. The maximum atomic E-state index is 12.8. The van der Waals surface area contributed by atoms with Crippen LogP contribution in [0.15, 0.2) is 46.6 Å². The molecule has 3 rings (SSSR count). The van der Waals surface area contributed by atoms with E-state index in [9.17, 15) is 9.59 Å². The molecule has 6 nitrogen and oxygen atoms in total. The summed E-state index contributed by atoms with van der Waals surface area (Å²) in [5.41, 5.74) is 1.24. The van der Waals surface area contributed by atoms with Crippen molar-refractivity contribution < 1.29 is 19.1 Å². The molecule has 0 atom stereocenters. The number of urea groups is 1. The van der Waals surface area contributed by atoms with Crippen LogP contribution in [-0.4, -0.2) is 25.2 Å². The van der Waals surface area contributed by atoms with Gasteiger partial charge in [0.15, 0.2) is 11.5 Å². The lowest BCUT2D eigenvalue weighted by Crippen LogP contribution is -2.30. The third-order valence-corrected chi connectivity index (χ3v) is 4.70. The molecule has 0 unspecified atom stereocenters. The highest BCUT2D eigenvalue weighted by Gasteiger charge is 2.35. The molecule has 146 valence electrons. The molecule has 3 amide bonds. The van der Waals surface area contributed by atoms with Crippen LogP contribution >= 0.6 is 27.5 Å². The lowest BCUT2D eigenvalue weighted by Gasteiger charge is -2.13. The standard InChI is InChI=1S/C20H18BrClN2O4/c1-3-27-17-10-12(8-15(21)18(17)28-4-2)9-16-19(25)24(20(26)23-16)14-7-5-6-13(22)11-14/h5-11H,3-4H2,1-2H3,(H,23,26)/b16-9+. The number of nitrogens with one attached hydrogen (secondary N) is 1. The summed E-state index contributed by atoms with van der Waals surface area (Å²) >= 11 is 9.44. The van der Waals surface area contributed by atoms with E-state index in [0.29, 0.717) is 45.5 Å². The molecule has 1 aliphatic rings. The fourth-order valence-corrected chi connectivity index (χ4v) is 3.53. The molecule has 0 aromatic heterocycles. The summed E-state index contributed by atoms with van der Waals surface area (Å²) in [7, 11) is 0. The minimum atomic E-state index is -0.534.